The Bertz CT molecular complexity index is 812. The van der Waals surface area contributed by atoms with E-state index in [4.69, 9.17) is 44.3 Å². The molecule has 0 rings (SSSR count). The number of nitro groups is 6. The Hall–Kier alpha value is -2.22. The molecule has 0 heterocycles. The van der Waals surface area contributed by atoms with E-state index in [0.29, 0.717) is 13.8 Å². The van der Waals surface area contributed by atoms with Crippen molar-refractivity contribution in [1.82, 2.24) is 0 Å². The van der Waals surface area contributed by atoms with Gasteiger partial charge in [-0.05, 0) is 10.8 Å². The van der Waals surface area contributed by atoms with Crippen LogP contribution < -0.4 is 0 Å². The first-order valence-corrected chi connectivity index (χ1v) is 11.7. The quantitative estimate of drug-likeness (QED) is 0.0546. The van der Waals surface area contributed by atoms with Crippen LogP contribution in [0.15, 0.2) is 0 Å². The van der Waals surface area contributed by atoms with Crippen molar-refractivity contribution >= 4 is 56.4 Å². The summed E-state index contributed by atoms with van der Waals surface area (Å²) in [5.41, 5.74) is -6.56. The summed E-state index contributed by atoms with van der Waals surface area (Å²) < 4.78 is 26.1. The molecule has 0 aromatic carbocycles. The van der Waals surface area contributed by atoms with Gasteiger partial charge in [0.1, 0.15) is 29.5 Å². The predicted octanol–water partition coefficient (Wildman–Crippen LogP) is 2.07. The maximum absolute atomic E-state index is 14.3. The van der Waals surface area contributed by atoms with Crippen LogP contribution in [0.2, 0.25) is 0 Å². The third-order valence-corrected chi connectivity index (χ3v) is 7.81. The molecule has 0 aromatic heterocycles. The molecule has 0 unspecified atom stereocenters. The molecular weight excluding hydrogens is 634 g/mol. The summed E-state index contributed by atoms with van der Waals surface area (Å²) >= 11 is 16.5. The molecule has 0 saturated heterocycles. The molecule has 0 N–H and O–H groups in total. The number of alkyl halides is 4. The minimum Gasteiger partial charge on any atom is -0.302 e. The van der Waals surface area contributed by atoms with Gasteiger partial charge in [0.25, 0.3) is 0 Å². The number of rotatable bonds is 17. The first kappa shape index (κ1) is 34.8. The third-order valence-electron chi connectivity index (χ3n) is 3.85. The van der Waals surface area contributed by atoms with Gasteiger partial charge in [0, 0.05) is 10.8 Å². The van der Waals surface area contributed by atoms with Gasteiger partial charge >= 0.3 is 22.5 Å². The highest BCUT2D eigenvalue weighted by Gasteiger charge is 2.63. The van der Waals surface area contributed by atoms with Crippen LogP contribution >= 0.6 is 56.4 Å². The van der Waals surface area contributed by atoms with Gasteiger partial charge in [-0.3, -0.25) is 65.4 Å². The van der Waals surface area contributed by atoms with E-state index in [-0.39, 0.29) is 21.6 Å². The van der Waals surface area contributed by atoms with Crippen molar-refractivity contribution in [3.63, 3.8) is 0 Å². The summed E-state index contributed by atoms with van der Waals surface area (Å²) in [5, 5.41) is 63.1. The molecule has 0 spiro atoms. The minimum atomic E-state index is -4.69. The maximum Gasteiger partial charge on any atom is 0.637 e. The first-order valence-electron chi connectivity index (χ1n) is 8.40. The molecule has 37 heavy (non-hydrogen) atoms. The Morgan fingerprint density at radius 1 is 0.622 bits per heavy atom. The van der Waals surface area contributed by atoms with E-state index in [2.05, 4.69) is 4.74 Å². The van der Waals surface area contributed by atoms with Crippen LogP contribution in [-0.4, -0.2) is 75.0 Å². The first-order chi connectivity index (χ1) is 16.5. The zero-order valence-electron chi connectivity index (χ0n) is 17.8. The zero-order chi connectivity index (χ0) is 29.6. The maximum atomic E-state index is 14.3. The second-order valence-electron chi connectivity index (χ2n) is 6.67. The van der Waals surface area contributed by atoms with Gasteiger partial charge in [0.15, 0.2) is 13.2 Å². The fraction of sp³-hybridized carbons (Fsp3) is 1.00. The second-order valence-corrected chi connectivity index (χ2v) is 12.1. The van der Waals surface area contributed by atoms with Gasteiger partial charge in [-0.2, -0.15) is 0 Å². The Kier molecular flexibility index (Phi) is 11.8. The number of ether oxygens (including phenoxy) is 3. The van der Waals surface area contributed by atoms with Gasteiger partial charge in [-0.1, -0.05) is 39.2 Å². The third kappa shape index (κ3) is 8.94. The fourth-order valence-electron chi connectivity index (χ4n) is 1.44. The molecule has 0 bridgehead atoms. The Morgan fingerprint density at radius 2 is 0.919 bits per heavy atom. The average molecular weight is 646 g/mol. The van der Waals surface area contributed by atoms with Crippen molar-refractivity contribution in [2.45, 2.75) is 39.5 Å². The lowest BCUT2D eigenvalue weighted by Crippen LogP contribution is -2.55. The van der Waals surface area contributed by atoms with E-state index in [1.54, 1.807) is 0 Å². The molecule has 0 fully saturated rings. The van der Waals surface area contributed by atoms with E-state index < -0.39 is 75.0 Å². The minimum absolute atomic E-state index is 0.0610. The van der Waals surface area contributed by atoms with Gasteiger partial charge in [-0.15, -0.1) is 0 Å². The molecule has 0 aromatic rings. The smallest absolute Gasteiger partial charge is 0.302 e. The molecule has 0 aliphatic rings. The molecule has 0 aliphatic carbocycles. The lowest BCUT2D eigenvalue weighted by molar-refractivity contribution is -0.834. The average Bonchev–Trinajstić information content (AvgIpc) is 2.75. The summed E-state index contributed by atoms with van der Waals surface area (Å²) in [6, 6.07) is 0. The van der Waals surface area contributed by atoms with Crippen molar-refractivity contribution in [3.05, 3.63) is 60.7 Å². The summed E-state index contributed by atoms with van der Waals surface area (Å²) in [5.74, 6) is -4.69. The highest BCUT2D eigenvalue weighted by atomic mass is 35.6. The summed E-state index contributed by atoms with van der Waals surface area (Å²) in [7, 11) is -0.341. The number of hydrogen-bond donors (Lipinski definition) is 0. The van der Waals surface area contributed by atoms with Gasteiger partial charge in [-0.25, -0.2) is 0 Å². The van der Waals surface area contributed by atoms with Crippen LogP contribution in [0.1, 0.15) is 13.8 Å². The summed E-state index contributed by atoms with van der Waals surface area (Å²) in [6.45, 7) is -5.07. The van der Waals surface area contributed by atoms with Crippen LogP contribution in [0.4, 0.5) is 4.39 Å². The van der Waals surface area contributed by atoms with E-state index in [9.17, 15) is 65.1 Å². The van der Waals surface area contributed by atoms with Gasteiger partial charge < -0.3 is 9.47 Å². The highest BCUT2D eigenvalue weighted by molar-refractivity contribution is 8.78. The lowest BCUT2D eigenvalue weighted by atomic mass is 10.2. The fourth-order valence-corrected chi connectivity index (χ4v) is 3.83. The molecule has 27 heteroatoms. The molecule has 0 atom stereocenters. The monoisotopic (exact) mass is 644 g/mol. The molecular formula is C10H12Cl3FN6O15S2. The molecule has 0 amide bonds. The van der Waals surface area contributed by atoms with Gasteiger partial charge in [0.2, 0.25) is 9.73 Å². The van der Waals surface area contributed by atoms with Crippen molar-refractivity contribution in [1.29, 1.82) is 0 Å². The van der Waals surface area contributed by atoms with E-state index in [1.165, 1.54) is 0 Å². The van der Waals surface area contributed by atoms with Crippen LogP contribution in [-0.2, 0) is 14.2 Å². The molecule has 21 nitrogen and oxygen atoms in total. The summed E-state index contributed by atoms with van der Waals surface area (Å²) in [4.78, 5) is 56.3. The zero-order valence-corrected chi connectivity index (χ0v) is 21.7. The van der Waals surface area contributed by atoms with Crippen molar-refractivity contribution in [2.24, 2.45) is 0 Å². The number of hydrogen-bond acceptors (Lipinski definition) is 17. The summed E-state index contributed by atoms with van der Waals surface area (Å²) in [6.07, 6.45) is 0. The van der Waals surface area contributed by atoms with Crippen LogP contribution in [0.3, 0.4) is 0 Å². The van der Waals surface area contributed by atoms with E-state index in [1.807, 2.05) is 0 Å². The van der Waals surface area contributed by atoms with Crippen molar-refractivity contribution in [2.75, 3.05) is 19.8 Å². The molecule has 212 valence electrons. The van der Waals surface area contributed by atoms with Crippen molar-refractivity contribution < 1.29 is 48.1 Å². The second kappa shape index (κ2) is 12.5. The van der Waals surface area contributed by atoms with Crippen LogP contribution in [0.5, 0.6) is 0 Å². The Morgan fingerprint density at radius 3 is 1.16 bits per heavy atom. The SMILES string of the molecule is CC(COC(OCC(C)([N+](=O)[O-])[N+](=O)[O-])(OCC(F)([N+](=O)[O-])[N+](=O)[O-])SSC(Cl)(Cl)Cl)([N+](=O)[O-])[N+](=O)[O-]. The topological polar surface area (TPSA) is 287 Å². The molecule has 0 saturated carbocycles. The normalized spacial score (nSPS) is 13.1. The van der Waals surface area contributed by atoms with E-state index in [0.717, 1.165) is 0 Å². The van der Waals surface area contributed by atoms with Crippen molar-refractivity contribution in [3.8, 4) is 0 Å². The van der Waals surface area contributed by atoms with E-state index >= 15 is 0 Å². The Labute approximate surface area is 224 Å². The molecule has 0 aliphatic heterocycles. The van der Waals surface area contributed by atoms with Gasteiger partial charge in [0.05, 0.1) is 13.8 Å². The number of halogens is 4. The lowest BCUT2D eigenvalue weighted by Gasteiger charge is -2.32. The van der Waals surface area contributed by atoms with Crippen LogP contribution in [0.25, 0.3) is 0 Å². The molecule has 0 radical (unpaired) electrons. The van der Waals surface area contributed by atoms with Crippen LogP contribution in [0, 0.1) is 60.7 Å². The Balaban J connectivity index is 6.72. The largest absolute Gasteiger partial charge is 0.637 e. The number of nitrogens with zero attached hydrogens (tertiary/aromatic N) is 6. The predicted molar refractivity (Wildman–Crippen MR) is 119 cm³/mol. The standard InChI is InChI=1S/C10H12Cl3FN6O15S2/c1-6(15(21)22,16(23)24)3-33-10(37-36-9(11,12)13,34-4-7(2,17(25)26)18(27)28)35-5-8(14,19(29)30)20(31)32/h3-5H2,1-2H3. The highest BCUT2D eigenvalue weighted by Crippen LogP contribution is 2.52.